The maximum Gasteiger partial charge on any atom is 0.340 e. The number of phenols is 1. The van der Waals surface area contributed by atoms with Crippen LogP contribution in [0.4, 0.5) is 0 Å². The molecule has 0 radical (unpaired) electrons. The van der Waals surface area contributed by atoms with E-state index < -0.39 is 11.8 Å². The molecule has 0 aliphatic heterocycles. The van der Waals surface area contributed by atoms with Crippen molar-refractivity contribution in [2.75, 3.05) is 14.2 Å². The summed E-state index contributed by atoms with van der Waals surface area (Å²) in [6, 6.07) is 4.63. The van der Waals surface area contributed by atoms with Gasteiger partial charge in [-0.25, -0.2) is 4.79 Å². The van der Waals surface area contributed by atoms with Gasteiger partial charge in [0.25, 0.3) is 0 Å². The summed E-state index contributed by atoms with van der Waals surface area (Å²) in [6.45, 7) is 4.18. The Morgan fingerprint density at radius 3 is 2.50 bits per heavy atom. The number of rotatable bonds is 8. The molecule has 0 aliphatic carbocycles. The Hall–Kier alpha value is -3.22. The molecule has 0 amide bonds. The lowest BCUT2D eigenvalue weighted by atomic mass is 10.1. The molecule has 2 N–H and O–H groups in total. The van der Waals surface area contributed by atoms with E-state index in [2.05, 4.69) is 0 Å². The van der Waals surface area contributed by atoms with Crippen LogP contribution < -0.4 is 4.74 Å². The monoisotopic (exact) mass is 387 g/mol. The molecular weight excluding hydrogens is 362 g/mol. The van der Waals surface area contributed by atoms with Gasteiger partial charge in [-0.1, -0.05) is 25.5 Å². The summed E-state index contributed by atoms with van der Waals surface area (Å²) in [4.78, 5) is 25.0. The summed E-state index contributed by atoms with van der Waals surface area (Å²) in [7, 11) is 2.66. The molecule has 1 heterocycles. The predicted molar refractivity (Wildman–Crippen MR) is 105 cm³/mol. The van der Waals surface area contributed by atoms with Crippen molar-refractivity contribution < 1.29 is 29.3 Å². The van der Waals surface area contributed by atoms with Crippen molar-refractivity contribution in [3.63, 3.8) is 0 Å². The van der Waals surface area contributed by atoms with Crippen LogP contribution in [0.5, 0.6) is 17.4 Å². The zero-order chi connectivity index (χ0) is 20.8. The van der Waals surface area contributed by atoms with Gasteiger partial charge in [-0.05, 0) is 37.1 Å². The highest BCUT2D eigenvalue weighted by molar-refractivity contribution is 6.15. The number of hydrogen-bond acceptors (Lipinski definition) is 6. The Morgan fingerprint density at radius 1 is 1.18 bits per heavy atom. The van der Waals surface area contributed by atoms with Crippen molar-refractivity contribution >= 4 is 17.8 Å². The maximum atomic E-state index is 12.8. The van der Waals surface area contributed by atoms with Crippen LogP contribution in [0, 0.1) is 6.92 Å². The first-order chi connectivity index (χ1) is 13.3. The average Bonchev–Trinajstić information content (AvgIpc) is 2.94. The van der Waals surface area contributed by atoms with Gasteiger partial charge >= 0.3 is 5.97 Å². The van der Waals surface area contributed by atoms with Gasteiger partial charge in [-0.3, -0.25) is 4.79 Å². The Bertz CT molecular complexity index is 910. The van der Waals surface area contributed by atoms with E-state index in [0.717, 1.165) is 12.8 Å². The molecule has 7 heteroatoms. The normalized spacial score (nSPS) is 11.0. The Labute approximate surface area is 163 Å². The van der Waals surface area contributed by atoms with E-state index in [1.165, 1.54) is 32.4 Å². The maximum absolute atomic E-state index is 12.8. The highest BCUT2D eigenvalue weighted by atomic mass is 16.5. The topological polar surface area (TPSA) is 98.0 Å². The summed E-state index contributed by atoms with van der Waals surface area (Å²) in [5, 5.41) is 20.2. The first kappa shape index (κ1) is 21.1. The van der Waals surface area contributed by atoms with Gasteiger partial charge in [0.05, 0.1) is 25.3 Å². The molecule has 0 atom stereocenters. The summed E-state index contributed by atoms with van der Waals surface area (Å²) in [6.07, 6.45) is 4.47. The molecule has 0 aliphatic rings. The molecule has 1 aromatic carbocycles. The number of esters is 1. The fourth-order valence-corrected chi connectivity index (χ4v) is 2.95. The van der Waals surface area contributed by atoms with Crippen LogP contribution in [0.25, 0.3) is 6.08 Å². The smallest absolute Gasteiger partial charge is 0.340 e. The zero-order valence-electron chi connectivity index (χ0n) is 16.5. The minimum Gasteiger partial charge on any atom is -0.504 e. The third-order valence-electron chi connectivity index (χ3n) is 4.50. The number of benzene rings is 1. The van der Waals surface area contributed by atoms with E-state index in [9.17, 15) is 19.8 Å². The Morgan fingerprint density at radius 2 is 1.89 bits per heavy atom. The summed E-state index contributed by atoms with van der Waals surface area (Å²) < 4.78 is 11.4. The van der Waals surface area contributed by atoms with Gasteiger partial charge in [0.1, 0.15) is 0 Å². The second kappa shape index (κ2) is 9.12. The zero-order valence-corrected chi connectivity index (χ0v) is 16.5. The molecule has 0 fully saturated rings. The molecule has 150 valence electrons. The quantitative estimate of drug-likeness (QED) is 0.407. The molecule has 0 saturated carbocycles. The molecule has 0 unspecified atom stereocenters. The molecule has 1 aromatic heterocycles. The van der Waals surface area contributed by atoms with Crippen LogP contribution in [0.1, 0.15) is 51.7 Å². The third-order valence-corrected chi connectivity index (χ3v) is 4.50. The number of hydrogen-bond donors (Lipinski definition) is 2. The van der Waals surface area contributed by atoms with Crippen LogP contribution >= 0.6 is 0 Å². The van der Waals surface area contributed by atoms with Crippen LogP contribution in [0.2, 0.25) is 0 Å². The second-order valence-electron chi connectivity index (χ2n) is 6.28. The first-order valence-corrected chi connectivity index (χ1v) is 8.95. The molecule has 0 spiro atoms. The Balaban J connectivity index is 2.45. The van der Waals surface area contributed by atoms with E-state index in [-0.39, 0.29) is 28.5 Å². The second-order valence-corrected chi connectivity index (χ2v) is 6.28. The van der Waals surface area contributed by atoms with E-state index in [4.69, 9.17) is 9.47 Å². The number of allylic oxidation sites excluding steroid dienone is 1. The standard InChI is InChI=1S/C21H25NO6/c1-5-6-11-22-13(2)18(21(26)28-4)19(20(22)25)16(24)10-8-14-7-9-15(23)17(12-14)27-3/h7-10,12,23,25H,5-6,11H2,1-4H3/b10-8+. The fourth-order valence-electron chi connectivity index (χ4n) is 2.95. The van der Waals surface area contributed by atoms with Crippen LogP contribution in [-0.2, 0) is 11.3 Å². The average molecular weight is 387 g/mol. The van der Waals surface area contributed by atoms with E-state index in [1.54, 1.807) is 23.6 Å². The summed E-state index contributed by atoms with van der Waals surface area (Å²) >= 11 is 0. The van der Waals surface area contributed by atoms with Crippen molar-refractivity contribution in [2.24, 2.45) is 0 Å². The number of phenolic OH excluding ortho intramolecular Hbond substituents is 1. The number of aromatic nitrogens is 1. The SMILES string of the molecule is CCCCn1c(C)c(C(=O)OC)c(C(=O)/C=C/c2ccc(O)c(OC)c2)c1O. The highest BCUT2D eigenvalue weighted by Crippen LogP contribution is 2.31. The fraction of sp³-hybridized carbons (Fsp3) is 0.333. The Kier molecular flexibility index (Phi) is 6.87. The number of nitrogens with zero attached hydrogens (tertiary/aromatic N) is 1. The summed E-state index contributed by atoms with van der Waals surface area (Å²) in [5.41, 5.74) is 1.08. The molecular formula is C21H25NO6. The lowest BCUT2D eigenvalue weighted by Gasteiger charge is -2.06. The van der Waals surface area contributed by atoms with Gasteiger partial charge in [-0.2, -0.15) is 0 Å². The van der Waals surface area contributed by atoms with Gasteiger partial charge in [-0.15, -0.1) is 0 Å². The number of ether oxygens (including phenoxy) is 2. The number of methoxy groups -OCH3 is 2. The minimum atomic E-state index is -0.675. The molecule has 28 heavy (non-hydrogen) atoms. The van der Waals surface area contributed by atoms with E-state index in [1.807, 2.05) is 6.92 Å². The molecule has 2 rings (SSSR count). The van der Waals surface area contributed by atoms with Gasteiger partial charge in [0.15, 0.2) is 17.3 Å². The van der Waals surface area contributed by atoms with Crippen molar-refractivity contribution in [2.45, 2.75) is 33.2 Å². The number of carbonyl (C=O) groups is 2. The predicted octanol–water partition coefficient (Wildman–Crippen LogP) is 3.70. The van der Waals surface area contributed by atoms with Crippen molar-refractivity contribution in [3.05, 3.63) is 46.7 Å². The van der Waals surface area contributed by atoms with Crippen LogP contribution in [0.3, 0.4) is 0 Å². The highest BCUT2D eigenvalue weighted by Gasteiger charge is 2.28. The number of unbranched alkanes of at least 4 members (excludes halogenated alkanes) is 1. The van der Waals surface area contributed by atoms with Crippen LogP contribution in [-0.4, -0.2) is 40.8 Å². The van der Waals surface area contributed by atoms with Gasteiger partial charge < -0.3 is 24.3 Å². The third kappa shape index (κ3) is 4.19. The molecule has 7 nitrogen and oxygen atoms in total. The minimum absolute atomic E-state index is 0.0137. The first-order valence-electron chi connectivity index (χ1n) is 8.95. The lowest BCUT2D eigenvalue weighted by Crippen LogP contribution is -2.08. The largest absolute Gasteiger partial charge is 0.504 e. The van der Waals surface area contributed by atoms with E-state index >= 15 is 0 Å². The van der Waals surface area contributed by atoms with Crippen LogP contribution in [0.15, 0.2) is 24.3 Å². The number of ketones is 1. The molecule has 0 bridgehead atoms. The number of aromatic hydroxyl groups is 2. The van der Waals surface area contributed by atoms with Crippen molar-refractivity contribution in [1.82, 2.24) is 4.57 Å². The molecule has 2 aromatic rings. The number of carbonyl (C=O) groups excluding carboxylic acids is 2. The van der Waals surface area contributed by atoms with Crippen molar-refractivity contribution in [1.29, 1.82) is 0 Å². The lowest BCUT2D eigenvalue weighted by molar-refractivity contribution is 0.0596. The molecule has 0 saturated heterocycles. The van der Waals surface area contributed by atoms with Crippen molar-refractivity contribution in [3.8, 4) is 17.4 Å². The van der Waals surface area contributed by atoms with Gasteiger partial charge in [0.2, 0.25) is 5.88 Å². The van der Waals surface area contributed by atoms with Gasteiger partial charge in [0, 0.05) is 12.2 Å². The van der Waals surface area contributed by atoms with E-state index in [0.29, 0.717) is 17.8 Å². The summed E-state index contributed by atoms with van der Waals surface area (Å²) in [5.74, 6) is -1.19.